The second-order valence-corrected chi connectivity index (χ2v) is 3.29. The molecule has 1 rings (SSSR count). The average molecular weight is 166 g/mol. The molecule has 12 heavy (non-hydrogen) atoms. The summed E-state index contributed by atoms with van der Waals surface area (Å²) in [5.74, 6) is 0.928. The maximum absolute atomic E-state index is 8.59. The Kier molecular flexibility index (Phi) is 2.71. The van der Waals surface area contributed by atoms with Gasteiger partial charge in [-0.3, -0.25) is 0 Å². The molecule has 0 aliphatic heterocycles. The zero-order valence-corrected chi connectivity index (χ0v) is 7.66. The van der Waals surface area contributed by atoms with E-state index >= 15 is 0 Å². The molecule has 0 aromatic heterocycles. The highest BCUT2D eigenvalue weighted by molar-refractivity contribution is 5.38. The van der Waals surface area contributed by atoms with Gasteiger partial charge in [0.15, 0.2) is 5.75 Å². The fourth-order valence-corrected chi connectivity index (χ4v) is 1.20. The maximum Gasteiger partial charge on any atom is 0.168 e. The molecule has 0 aliphatic rings. The summed E-state index contributed by atoms with van der Waals surface area (Å²) in [5.41, 5.74) is 2.12. The van der Waals surface area contributed by atoms with Crippen LogP contribution in [-0.2, 0) is 0 Å². The zero-order chi connectivity index (χ0) is 9.14. The Morgan fingerprint density at radius 1 is 1.33 bits per heavy atom. The highest BCUT2D eigenvalue weighted by Gasteiger charge is 2.07. The summed E-state index contributed by atoms with van der Waals surface area (Å²) in [5, 5.41) is 8.59. The van der Waals surface area contributed by atoms with Crippen molar-refractivity contribution in [1.29, 1.82) is 0 Å². The molecule has 0 unspecified atom stereocenters. The van der Waals surface area contributed by atoms with Crippen LogP contribution in [0.4, 0.5) is 0 Å². The van der Waals surface area contributed by atoms with Crippen LogP contribution in [0.25, 0.3) is 0 Å². The lowest BCUT2D eigenvalue weighted by molar-refractivity contribution is -0.138. The van der Waals surface area contributed by atoms with Crippen LogP contribution < -0.4 is 4.89 Å². The van der Waals surface area contributed by atoms with E-state index in [-0.39, 0.29) is 0 Å². The molecule has 0 atom stereocenters. The largest absolute Gasteiger partial charge is 0.340 e. The first kappa shape index (κ1) is 9.07. The lowest BCUT2D eigenvalue weighted by Crippen LogP contribution is -1.94. The van der Waals surface area contributed by atoms with E-state index in [2.05, 4.69) is 18.7 Å². The van der Waals surface area contributed by atoms with Gasteiger partial charge in [0.1, 0.15) is 0 Å². The summed E-state index contributed by atoms with van der Waals surface area (Å²) in [6.45, 7) is 6.09. The fourth-order valence-electron chi connectivity index (χ4n) is 1.20. The maximum atomic E-state index is 8.59. The van der Waals surface area contributed by atoms with Gasteiger partial charge in [0.2, 0.25) is 0 Å². The molecular weight excluding hydrogens is 152 g/mol. The van der Waals surface area contributed by atoms with Crippen molar-refractivity contribution < 1.29 is 10.1 Å². The predicted octanol–water partition coefficient (Wildman–Crippen LogP) is 2.97. The van der Waals surface area contributed by atoms with Crippen molar-refractivity contribution in [2.24, 2.45) is 0 Å². The van der Waals surface area contributed by atoms with Gasteiger partial charge in [0.05, 0.1) is 0 Å². The Bertz CT molecular complexity index is 267. The van der Waals surface area contributed by atoms with E-state index in [1.807, 2.05) is 25.1 Å². The zero-order valence-electron chi connectivity index (χ0n) is 7.66. The third-order valence-corrected chi connectivity index (χ3v) is 1.89. The van der Waals surface area contributed by atoms with Gasteiger partial charge in [-0.1, -0.05) is 26.0 Å². The van der Waals surface area contributed by atoms with E-state index in [9.17, 15) is 0 Å². The normalized spacial score (nSPS) is 10.4. The van der Waals surface area contributed by atoms with Crippen LogP contribution in [0, 0.1) is 6.92 Å². The van der Waals surface area contributed by atoms with Gasteiger partial charge in [0.25, 0.3) is 0 Å². The van der Waals surface area contributed by atoms with Crippen LogP contribution in [0.15, 0.2) is 18.2 Å². The highest BCUT2D eigenvalue weighted by atomic mass is 17.1. The minimum Gasteiger partial charge on any atom is -0.340 e. The first-order valence-electron chi connectivity index (χ1n) is 4.07. The molecule has 0 heterocycles. The average Bonchev–Trinajstić information content (AvgIpc) is 2.03. The third-order valence-electron chi connectivity index (χ3n) is 1.89. The van der Waals surface area contributed by atoms with Gasteiger partial charge < -0.3 is 4.89 Å². The molecular formula is C10H14O2. The van der Waals surface area contributed by atoms with Crippen LogP contribution in [0.3, 0.4) is 0 Å². The van der Waals surface area contributed by atoms with Crippen molar-refractivity contribution in [3.8, 4) is 5.75 Å². The fraction of sp³-hybridized carbons (Fsp3) is 0.400. The van der Waals surface area contributed by atoms with Gasteiger partial charge >= 0.3 is 0 Å². The van der Waals surface area contributed by atoms with E-state index in [0.29, 0.717) is 11.7 Å². The summed E-state index contributed by atoms with van der Waals surface area (Å²) in [4.78, 5) is 4.29. The summed E-state index contributed by atoms with van der Waals surface area (Å²) in [6, 6.07) is 5.82. The van der Waals surface area contributed by atoms with Crippen LogP contribution in [0.2, 0.25) is 0 Å². The molecule has 2 heteroatoms. The number of hydrogen-bond acceptors (Lipinski definition) is 2. The lowest BCUT2D eigenvalue weighted by atomic mass is 10.0. The molecule has 1 N–H and O–H groups in total. The Morgan fingerprint density at radius 2 is 2.00 bits per heavy atom. The number of hydrogen-bond donors (Lipinski definition) is 1. The second kappa shape index (κ2) is 3.59. The molecule has 0 saturated heterocycles. The van der Waals surface area contributed by atoms with E-state index < -0.39 is 0 Å². The topological polar surface area (TPSA) is 29.5 Å². The van der Waals surface area contributed by atoms with E-state index in [1.165, 1.54) is 0 Å². The summed E-state index contributed by atoms with van der Waals surface area (Å²) < 4.78 is 0. The van der Waals surface area contributed by atoms with E-state index in [1.54, 1.807) is 0 Å². The molecule has 0 fully saturated rings. The molecule has 0 bridgehead atoms. The summed E-state index contributed by atoms with van der Waals surface area (Å²) >= 11 is 0. The van der Waals surface area contributed by atoms with E-state index in [4.69, 9.17) is 5.26 Å². The Balaban J connectivity index is 3.11. The number of benzene rings is 1. The monoisotopic (exact) mass is 166 g/mol. The molecule has 1 aromatic rings. The summed E-state index contributed by atoms with van der Waals surface area (Å²) in [7, 11) is 0. The van der Waals surface area contributed by atoms with Gasteiger partial charge in [0, 0.05) is 5.56 Å². The number of aryl methyl sites for hydroxylation is 1. The van der Waals surface area contributed by atoms with Crippen molar-refractivity contribution in [3.05, 3.63) is 29.3 Å². The molecule has 0 saturated carbocycles. The van der Waals surface area contributed by atoms with Crippen molar-refractivity contribution in [2.45, 2.75) is 26.7 Å². The minimum absolute atomic E-state index is 0.368. The first-order valence-corrected chi connectivity index (χ1v) is 4.07. The Hall–Kier alpha value is -1.02. The van der Waals surface area contributed by atoms with Crippen molar-refractivity contribution in [1.82, 2.24) is 0 Å². The smallest absolute Gasteiger partial charge is 0.168 e. The predicted molar refractivity (Wildman–Crippen MR) is 48.5 cm³/mol. The third kappa shape index (κ3) is 1.77. The molecule has 0 aliphatic carbocycles. The number of rotatable bonds is 2. The molecule has 0 radical (unpaired) electrons. The molecule has 2 nitrogen and oxygen atoms in total. The molecule has 1 aromatic carbocycles. The minimum atomic E-state index is 0.368. The second-order valence-electron chi connectivity index (χ2n) is 3.29. The van der Waals surface area contributed by atoms with Crippen LogP contribution in [0.5, 0.6) is 5.75 Å². The van der Waals surface area contributed by atoms with Crippen LogP contribution in [0.1, 0.15) is 30.9 Å². The van der Waals surface area contributed by atoms with Crippen molar-refractivity contribution >= 4 is 0 Å². The highest BCUT2D eigenvalue weighted by Crippen LogP contribution is 2.26. The standard InChI is InChI=1S/C10H14O2/c1-7(2)9-5-4-8(3)6-10(9)12-11/h4-7,11H,1-3H3. The summed E-state index contributed by atoms with van der Waals surface area (Å²) in [6.07, 6.45) is 0. The Labute approximate surface area is 72.7 Å². The SMILES string of the molecule is Cc1ccc(C(C)C)c(OO)c1. The first-order chi connectivity index (χ1) is 5.65. The lowest BCUT2D eigenvalue weighted by Gasteiger charge is -2.09. The van der Waals surface area contributed by atoms with Gasteiger partial charge in [-0.2, -0.15) is 0 Å². The molecule has 0 spiro atoms. The Morgan fingerprint density at radius 3 is 2.50 bits per heavy atom. The van der Waals surface area contributed by atoms with Gasteiger partial charge in [-0.25, -0.2) is 5.26 Å². The van der Waals surface area contributed by atoms with Crippen molar-refractivity contribution in [2.75, 3.05) is 0 Å². The quantitative estimate of drug-likeness (QED) is 0.540. The molecule has 0 amide bonds. The van der Waals surface area contributed by atoms with Gasteiger partial charge in [-0.05, 0) is 24.5 Å². The van der Waals surface area contributed by atoms with Crippen LogP contribution >= 0.6 is 0 Å². The molecule has 66 valence electrons. The van der Waals surface area contributed by atoms with Gasteiger partial charge in [-0.15, -0.1) is 0 Å². The van der Waals surface area contributed by atoms with E-state index in [0.717, 1.165) is 11.1 Å². The van der Waals surface area contributed by atoms with Crippen molar-refractivity contribution in [3.63, 3.8) is 0 Å². The van der Waals surface area contributed by atoms with Crippen LogP contribution in [-0.4, -0.2) is 5.26 Å².